The minimum absolute atomic E-state index is 0. The number of nitrogens with zero attached hydrogens (tertiary/aromatic N) is 4. The van der Waals surface area contributed by atoms with E-state index in [-0.39, 0.29) is 12.4 Å². The molecule has 0 amide bonds. The van der Waals surface area contributed by atoms with Crippen molar-refractivity contribution in [2.45, 2.75) is 25.9 Å². The van der Waals surface area contributed by atoms with Gasteiger partial charge in [-0.3, -0.25) is 4.90 Å². The summed E-state index contributed by atoms with van der Waals surface area (Å²) in [6.07, 6.45) is 6.95. The van der Waals surface area contributed by atoms with Crippen LogP contribution in [0.2, 0.25) is 0 Å². The van der Waals surface area contributed by atoms with Gasteiger partial charge in [-0.25, -0.2) is 9.97 Å². The number of imidazole rings is 1. The highest BCUT2D eigenvalue weighted by molar-refractivity contribution is 7.11. The highest BCUT2D eigenvalue weighted by atomic mass is 35.5. The smallest absolute Gasteiger partial charge is 0.127 e. The standard InChI is InChI=1S/C14H21N5S.ClH/c1-3-13-17-8-11(20-13)10-19-7-4-15-9-12(19)14-16-5-6-18(14)2;/h5-6,8,12,15H,3-4,7,9-10H2,1-2H3;1H. The molecule has 116 valence electrons. The number of nitrogens with one attached hydrogen (secondary N) is 1. The Morgan fingerprint density at radius 1 is 1.43 bits per heavy atom. The molecule has 0 aliphatic carbocycles. The average molecular weight is 328 g/mol. The summed E-state index contributed by atoms with van der Waals surface area (Å²) in [7, 11) is 2.07. The van der Waals surface area contributed by atoms with Gasteiger partial charge in [0.05, 0.1) is 11.0 Å². The van der Waals surface area contributed by atoms with Crippen LogP contribution in [0.25, 0.3) is 0 Å². The molecule has 21 heavy (non-hydrogen) atoms. The molecule has 0 aromatic carbocycles. The van der Waals surface area contributed by atoms with Gasteiger partial charge in [0.1, 0.15) is 5.82 Å². The van der Waals surface area contributed by atoms with Gasteiger partial charge < -0.3 is 9.88 Å². The Balaban J connectivity index is 0.00000161. The third-order valence-electron chi connectivity index (χ3n) is 3.77. The third-order valence-corrected chi connectivity index (χ3v) is 4.90. The van der Waals surface area contributed by atoms with E-state index < -0.39 is 0 Å². The Morgan fingerprint density at radius 3 is 2.95 bits per heavy atom. The van der Waals surface area contributed by atoms with Crippen LogP contribution in [0.5, 0.6) is 0 Å². The predicted octanol–water partition coefficient (Wildman–Crippen LogP) is 2.01. The van der Waals surface area contributed by atoms with Crippen molar-refractivity contribution >= 4 is 23.7 Å². The topological polar surface area (TPSA) is 46.0 Å². The van der Waals surface area contributed by atoms with Crippen molar-refractivity contribution in [1.82, 2.24) is 24.8 Å². The second kappa shape index (κ2) is 7.35. The molecule has 1 aliphatic rings. The van der Waals surface area contributed by atoms with Gasteiger partial charge >= 0.3 is 0 Å². The maximum atomic E-state index is 4.52. The first kappa shape index (κ1) is 16.4. The Kier molecular flexibility index (Phi) is 5.75. The van der Waals surface area contributed by atoms with Gasteiger partial charge in [-0.1, -0.05) is 6.92 Å². The Labute approximate surface area is 135 Å². The number of hydrogen-bond acceptors (Lipinski definition) is 5. The number of thiazole rings is 1. The van der Waals surface area contributed by atoms with Crippen molar-refractivity contribution in [3.05, 3.63) is 34.3 Å². The van der Waals surface area contributed by atoms with Crippen molar-refractivity contribution < 1.29 is 0 Å². The Morgan fingerprint density at radius 2 is 2.29 bits per heavy atom. The fourth-order valence-electron chi connectivity index (χ4n) is 2.67. The van der Waals surface area contributed by atoms with E-state index in [1.165, 1.54) is 9.88 Å². The highest BCUT2D eigenvalue weighted by Gasteiger charge is 2.27. The molecule has 2 aromatic heterocycles. The molecular weight excluding hydrogens is 306 g/mol. The van der Waals surface area contributed by atoms with Crippen LogP contribution in [0.15, 0.2) is 18.6 Å². The summed E-state index contributed by atoms with van der Waals surface area (Å²) in [6.45, 7) is 6.18. The molecule has 0 radical (unpaired) electrons. The maximum absolute atomic E-state index is 4.52. The average Bonchev–Trinajstić information content (AvgIpc) is 3.08. The van der Waals surface area contributed by atoms with Crippen LogP contribution in [0.3, 0.4) is 0 Å². The lowest BCUT2D eigenvalue weighted by Crippen LogP contribution is -2.46. The van der Waals surface area contributed by atoms with E-state index >= 15 is 0 Å². The first-order valence-electron chi connectivity index (χ1n) is 7.13. The van der Waals surface area contributed by atoms with E-state index in [4.69, 9.17) is 0 Å². The van der Waals surface area contributed by atoms with Crippen LogP contribution >= 0.6 is 23.7 Å². The van der Waals surface area contributed by atoms with Gasteiger partial charge in [-0.15, -0.1) is 23.7 Å². The largest absolute Gasteiger partial charge is 0.337 e. The highest BCUT2D eigenvalue weighted by Crippen LogP contribution is 2.24. The van der Waals surface area contributed by atoms with Gasteiger partial charge in [0.2, 0.25) is 0 Å². The zero-order valence-corrected chi connectivity index (χ0v) is 14.1. The molecule has 0 spiro atoms. The van der Waals surface area contributed by atoms with Crippen LogP contribution in [-0.2, 0) is 20.0 Å². The molecule has 1 unspecified atom stereocenters. The molecule has 3 rings (SSSR count). The van der Waals surface area contributed by atoms with Crippen molar-refractivity contribution in [3.63, 3.8) is 0 Å². The van der Waals surface area contributed by atoms with Gasteiger partial charge in [0.15, 0.2) is 0 Å². The lowest BCUT2D eigenvalue weighted by atomic mass is 10.1. The summed E-state index contributed by atoms with van der Waals surface area (Å²) in [5.74, 6) is 1.14. The van der Waals surface area contributed by atoms with E-state index in [1.54, 1.807) is 0 Å². The zero-order valence-electron chi connectivity index (χ0n) is 12.5. The molecule has 3 heterocycles. The molecule has 1 saturated heterocycles. The van der Waals surface area contributed by atoms with Crippen molar-refractivity contribution in [2.24, 2.45) is 7.05 Å². The summed E-state index contributed by atoms with van der Waals surface area (Å²) in [5, 5.41) is 4.70. The summed E-state index contributed by atoms with van der Waals surface area (Å²) in [6, 6.07) is 0.343. The van der Waals surface area contributed by atoms with Gasteiger partial charge in [0.25, 0.3) is 0 Å². The Hall–Kier alpha value is -0.950. The minimum atomic E-state index is 0. The van der Waals surface area contributed by atoms with Gasteiger partial charge in [0, 0.05) is 56.7 Å². The van der Waals surface area contributed by atoms with Gasteiger partial charge in [-0.2, -0.15) is 0 Å². The molecule has 7 heteroatoms. The Bertz CT molecular complexity index is 567. The van der Waals surface area contributed by atoms with Crippen LogP contribution in [-0.4, -0.2) is 39.1 Å². The second-order valence-electron chi connectivity index (χ2n) is 5.16. The van der Waals surface area contributed by atoms with E-state index in [0.29, 0.717) is 6.04 Å². The van der Waals surface area contributed by atoms with Crippen LogP contribution < -0.4 is 5.32 Å². The quantitative estimate of drug-likeness (QED) is 0.933. The monoisotopic (exact) mass is 327 g/mol. The summed E-state index contributed by atoms with van der Waals surface area (Å²) < 4.78 is 2.12. The van der Waals surface area contributed by atoms with E-state index in [1.807, 2.05) is 29.9 Å². The molecule has 0 bridgehead atoms. The lowest BCUT2D eigenvalue weighted by Gasteiger charge is -2.35. The number of piperazine rings is 1. The van der Waals surface area contributed by atoms with Crippen molar-refractivity contribution in [2.75, 3.05) is 19.6 Å². The number of aryl methyl sites for hydroxylation is 2. The molecule has 1 N–H and O–H groups in total. The number of rotatable bonds is 4. The lowest BCUT2D eigenvalue weighted by molar-refractivity contribution is 0.146. The molecule has 1 aliphatic heterocycles. The first-order valence-corrected chi connectivity index (χ1v) is 7.95. The number of hydrogen-bond donors (Lipinski definition) is 1. The minimum Gasteiger partial charge on any atom is -0.337 e. The predicted molar refractivity (Wildman–Crippen MR) is 88.0 cm³/mol. The first-order chi connectivity index (χ1) is 9.78. The molecular formula is C14H22ClN5S. The summed E-state index contributed by atoms with van der Waals surface area (Å²) in [5.41, 5.74) is 0. The molecule has 1 atom stereocenters. The second-order valence-corrected chi connectivity index (χ2v) is 6.36. The van der Waals surface area contributed by atoms with E-state index in [0.717, 1.165) is 38.4 Å². The fraction of sp³-hybridized carbons (Fsp3) is 0.571. The molecule has 0 saturated carbocycles. The maximum Gasteiger partial charge on any atom is 0.127 e. The molecule has 5 nitrogen and oxygen atoms in total. The van der Waals surface area contributed by atoms with E-state index in [9.17, 15) is 0 Å². The van der Waals surface area contributed by atoms with Crippen LogP contribution in [0, 0.1) is 0 Å². The summed E-state index contributed by atoms with van der Waals surface area (Å²) >= 11 is 1.83. The van der Waals surface area contributed by atoms with Gasteiger partial charge in [-0.05, 0) is 6.42 Å². The van der Waals surface area contributed by atoms with Crippen molar-refractivity contribution in [1.29, 1.82) is 0 Å². The number of aromatic nitrogens is 3. The van der Waals surface area contributed by atoms with Crippen molar-refractivity contribution in [3.8, 4) is 0 Å². The SMILES string of the molecule is CCc1ncc(CN2CCNCC2c2nccn2C)s1.Cl. The zero-order chi connectivity index (χ0) is 13.9. The molecule has 2 aromatic rings. The molecule has 1 fully saturated rings. The van der Waals surface area contributed by atoms with Crippen LogP contribution in [0.4, 0.5) is 0 Å². The van der Waals surface area contributed by atoms with Crippen LogP contribution in [0.1, 0.15) is 28.7 Å². The van der Waals surface area contributed by atoms with E-state index in [2.05, 4.69) is 38.7 Å². The third kappa shape index (κ3) is 3.63. The summed E-state index contributed by atoms with van der Waals surface area (Å²) in [4.78, 5) is 12.8. The fourth-order valence-corrected chi connectivity index (χ4v) is 3.56. The number of halogens is 1. The normalized spacial score (nSPS) is 19.4.